The highest BCUT2D eigenvalue weighted by Gasteiger charge is 2.32. The van der Waals surface area contributed by atoms with Crippen LogP contribution < -0.4 is 0 Å². The Labute approximate surface area is 173 Å². The molecule has 2 aromatic heterocycles. The molecule has 1 fully saturated rings. The summed E-state index contributed by atoms with van der Waals surface area (Å²) in [5.41, 5.74) is 1.78. The van der Waals surface area contributed by atoms with Crippen LogP contribution in [0.25, 0.3) is 11.3 Å². The van der Waals surface area contributed by atoms with Crippen LogP contribution in [0.5, 0.6) is 0 Å². The van der Waals surface area contributed by atoms with Gasteiger partial charge in [-0.1, -0.05) is 53.3 Å². The fourth-order valence-corrected chi connectivity index (χ4v) is 4.13. The van der Waals surface area contributed by atoms with Crippen molar-refractivity contribution in [2.24, 2.45) is 7.05 Å². The number of likely N-dealkylation sites (tertiary alicyclic amines) is 1. The van der Waals surface area contributed by atoms with Gasteiger partial charge in [0.05, 0.1) is 11.1 Å². The van der Waals surface area contributed by atoms with Gasteiger partial charge in [0.1, 0.15) is 5.69 Å². The maximum Gasteiger partial charge on any atom is 0.276 e. The molecule has 1 amide bonds. The summed E-state index contributed by atoms with van der Waals surface area (Å²) in [4.78, 5) is 15.1. The monoisotopic (exact) mass is 418 g/mol. The van der Waals surface area contributed by atoms with E-state index in [1.165, 1.54) is 0 Å². The maximum atomic E-state index is 13.3. The summed E-state index contributed by atoms with van der Waals surface area (Å²) in [5, 5.41) is 9.68. The van der Waals surface area contributed by atoms with Crippen LogP contribution in [-0.2, 0) is 7.05 Å². The van der Waals surface area contributed by atoms with Crippen LogP contribution in [0.1, 0.15) is 47.9 Å². The second-order valence-corrected chi connectivity index (χ2v) is 7.83. The first-order valence-electron chi connectivity index (χ1n) is 9.25. The lowest BCUT2D eigenvalue weighted by Gasteiger charge is -2.28. The molecule has 1 atom stereocenters. The van der Waals surface area contributed by atoms with Gasteiger partial charge in [-0.2, -0.15) is 5.10 Å². The predicted octanol–water partition coefficient (Wildman–Crippen LogP) is 5.14. The molecule has 0 N–H and O–H groups in total. The van der Waals surface area contributed by atoms with E-state index in [4.69, 9.17) is 27.7 Å². The molecule has 1 aliphatic rings. The second kappa shape index (κ2) is 7.97. The first-order valence-corrected chi connectivity index (χ1v) is 10.0. The molecule has 28 heavy (non-hydrogen) atoms. The van der Waals surface area contributed by atoms with Gasteiger partial charge in [-0.05, 0) is 25.0 Å². The van der Waals surface area contributed by atoms with E-state index < -0.39 is 0 Å². The van der Waals surface area contributed by atoms with Gasteiger partial charge in [-0.15, -0.1) is 0 Å². The quantitative estimate of drug-likeness (QED) is 0.590. The molecule has 0 bridgehead atoms. The Bertz CT molecular complexity index is 998. The zero-order chi connectivity index (χ0) is 19.7. The molecule has 8 heteroatoms. The van der Waals surface area contributed by atoms with Crippen molar-refractivity contribution in [3.05, 3.63) is 58.0 Å². The number of carbonyl (C=O) groups is 1. The number of nitrogens with zero attached hydrogens (tertiary/aromatic N) is 4. The van der Waals surface area contributed by atoms with Crippen molar-refractivity contribution in [1.29, 1.82) is 0 Å². The fourth-order valence-electron chi connectivity index (χ4n) is 3.64. The number of aryl methyl sites for hydroxylation is 1. The van der Waals surface area contributed by atoms with Crippen LogP contribution in [0.3, 0.4) is 0 Å². The van der Waals surface area contributed by atoms with E-state index >= 15 is 0 Å². The molecule has 1 aliphatic heterocycles. The van der Waals surface area contributed by atoms with E-state index in [0.717, 1.165) is 36.9 Å². The second-order valence-electron chi connectivity index (χ2n) is 6.99. The molecule has 146 valence electrons. The molecule has 6 nitrogen and oxygen atoms in total. The summed E-state index contributed by atoms with van der Waals surface area (Å²) < 4.78 is 7.09. The van der Waals surface area contributed by atoms with Crippen LogP contribution in [0, 0.1) is 0 Å². The Hall–Kier alpha value is -2.31. The van der Waals surface area contributed by atoms with Crippen LogP contribution in [0.2, 0.25) is 10.0 Å². The SMILES string of the molecule is Cn1cc(Cl)c([C@@H]2CCCCCN2C(=O)c2cc(-c3cccc(Cl)c3)on2)n1. The summed E-state index contributed by atoms with van der Waals surface area (Å²) in [6.07, 6.45) is 5.61. The van der Waals surface area contributed by atoms with Crippen molar-refractivity contribution in [2.45, 2.75) is 31.7 Å². The third-order valence-electron chi connectivity index (χ3n) is 4.98. The summed E-state index contributed by atoms with van der Waals surface area (Å²) in [5.74, 6) is 0.332. The topological polar surface area (TPSA) is 64.2 Å². The summed E-state index contributed by atoms with van der Waals surface area (Å²) in [6, 6.07) is 8.74. The van der Waals surface area contributed by atoms with Gasteiger partial charge >= 0.3 is 0 Å². The lowest BCUT2D eigenvalue weighted by Crippen LogP contribution is -2.35. The Balaban J connectivity index is 1.64. The molecule has 1 saturated heterocycles. The van der Waals surface area contributed by atoms with Gasteiger partial charge in [-0.3, -0.25) is 9.48 Å². The number of hydrogen-bond acceptors (Lipinski definition) is 4. The largest absolute Gasteiger partial charge is 0.355 e. The number of hydrogen-bond donors (Lipinski definition) is 0. The number of aromatic nitrogens is 3. The standard InChI is InChI=1S/C20H20Cl2N4O2/c1-25-12-15(22)19(23-25)17-8-3-2-4-9-26(17)20(27)16-11-18(28-24-16)13-6-5-7-14(21)10-13/h5-7,10-12,17H,2-4,8-9H2,1H3/t17-/m0/s1. The minimum absolute atomic E-state index is 0.171. The highest BCUT2D eigenvalue weighted by atomic mass is 35.5. The van der Waals surface area contributed by atoms with Gasteiger partial charge in [-0.25, -0.2) is 0 Å². The lowest BCUT2D eigenvalue weighted by atomic mass is 10.1. The summed E-state index contributed by atoms with van der Waals surface area (Å²) in [7, 11) is 1.83. The van der Waals surface area contributed by atoms with Gasteiger partial charge < -0.3 is 9.42 Å². The molecule has 3 heterocycles. The minimum Gasteiger partial charge on any atom is -0.355 e. The van der Waals surface area contributed by atoms with Crippen LogP contribution >= 0.6 is 23.2 Å². The van der Waals surface area contributed by atoms with Crippen LogP contribution in [0.15, 0.2) is 41.1 Å². The first-order chi connectivity index (χ1) is 13.5. The third kappa shape index (κ3) is 3.80. The van der Waals surface area contributed by atoms with E-state index in [2.05, 4.69) is 10.3 Å². The normalized spacial score (nSPS) is 17.5. The first kappa shape index (κ1) is 19.0. The van der Waals surface area contributed by atoms with Crippen molar-refractivity contribution in [2.75, 3.05) is 6.54 Å². The van der Waals surface area contributed by atoms with Crippen molar-refractivity contribution in [3.63, 3.8) is 0 Å². The molecular formula is C20H20Cl2N4O2. The Kier molecular flexibility index (Phi) is 5.42. The molecule has 0 aliphatic carbocycles. The number of carbonyl (C=O) groups excluding carboxylic acids is 1. The van der Waals surface area contributed by atoms with E-state index in [-0.39, 0.29) is 17.6 Å². The number of benzene rings is 1. The van der Waals surface area contributed by atoms with Gasteiger partial charge in [0.25, 0.3) is 5.91 Å². The average molecular weight is 419 g/mol. The van der Waals surface area contributed by atoms with E-state index in [1.54, 1.807) is 29.1 Å². The van der Waals surface area contributed by atoms with Gasteiger partial charge in [0.2, 0.25) is 0 Å². The zero-order valence-electron chi connectivity index (χ0n) is 15.4. The van der Waals surface area contributed by atoms with Crippen molar-refractivity contribution >= 4 is 29.1 Å². The smallest absolute Gasteiger partial charge is 0.276 e. The zero-order valence-corrected chi connectivity index (χ0v) is 17.0. The van der Waals surface area contributed by atoms with Gasteiger partial charge in [0.15, 0.2) is 11.5 Å². The highest BCUT2D eigenvalue weighted by Crippen LogP contribution is 2.34. The molecule has 4 rings (SSSR count). The molecule has 1 aromatic carbocycles. The lowest BCUT2D eigenvalue weighted by molar-refractivity contribution is 0.0666. The number of halogens is 2. The summed E-state index contributed by atoms with van der Waals surface area (Å²) >= 11 is 12.4. The van der Waals surface area contributed by atoms with Crippen molar-refractivity contribution in [1.82, 2.24) is 19.8 Å². The molecule has 0 spiro atoms. The Morgan fingerprint density at radius 1 is 1.21 bits per heavy atom. The molecular weight excluding hydrogens is 399 g/mol. The number of rotatable bonds is 3. The molecule has 3 aromatic rings. The molecule has 0 unspecified atom stereocenters. The van der Waals surface area contributed by atoms with E-state index in [1.807, 2.05) is 24.1 Å². The Morgan fingerprint density at radius 3 is 2.82 bits per heavy atom. The van der Waals surface area contributed by atoms with Crippen LogP contribution in [0.4, 0.5) is 0 Å². The Morgan fingerprint density at radius 2 is 2.07 bits per heavy atom. The maximum absolute atomic E-state index is 13.3. The van der Waals surface area contributed by atoms with Crippen molar-refractivity contribution in [3.8, 4) is 11.3 Å². The number of amides is 1. The van der Waals surface area contributed by atoms with Crippen LogP contribution in [-0.4, -0.2) is 32.3 Å². The molecule has 0 radical (unpaired) electrons. The predicted molar refractivity (Wildman–Crippen MR) is 107 cm³/mol. The summed E-state index contributed by atoms with van der Waals surface area (Å²) in [6.45, 7) is 0.635. The molecule has 0 saturated carbocycles. The third-order valence-corrected chi connectivity index (χ3v) is 5.50. The fraction of sp³-hybridized carbons (Fsp3) is 0.350. The minimum atomic E-state index is -0.175. The van der Waals surface area contributed by atoms with E-state index in [9.17, 15) is 4.79 Å². The highest BCUT2D eigenvalue weighted by molar-refractivity contribution is 6.31. The average Bonchev–Trinajstić information content (AvgIpc) is 3.20. The van der Waals surface area contributed by atoms with Crippen molar-refractivity contribution < 1.29 is 9.32 Å². The van der Waals surface area contributed by atoms with E-state index in [0.29, 0.717) is 22.4 Å². The van der Waals surface area contributed by atoms with Gasteiger partial charge in [0, 0.05) is 36.4 Å².